The van der Waals surface area contributed by atoms with Crippen molar-refractivity contribution in [3.05, 3.63) is 59.7 Å². The van der Waals surface area contributed by atoms with E-state index in [1.54, 1.807) is 18.2 Å². The molecule has 0 aliphatic carbocycles. The predicted octanol–water partition coefficient (Wildman–Crippen LogP) is 2.06. The molecule has 2 aliphatic rings. The molecule has 1 saturated heterocycles. The number of nitrogens with zero attached hydrogens (tertiary/aromatic N) is 2. The van der Waals surface area contributed by atoms with Crippen molar-refractivity contribution in [3.8, 4) is 11.5 Å². The number of benzene rings is 2. The van der Waals surface area contributed by atoms with Gasteiger partial charge >= 0.3 is 0 Å². The first-order chi connectivity index (χ1) is 12.7. The molecule has 2 aromatic carbocycles. The first kappa shape index (κ1) is 16.6. The Morgan fingerprint density at radius 2 is 1.58 bits per heavy atom. The molecular formula is C20H20N2O4. The van der Waals surface area contributed by atoms with Crippen LogP contribution in [-0.2, 0) is 0 Å². The molecule has 0 spiro atoms. The molecule has 0 N–H and O–H groups in total. The van der Waals surface area contributed by atoms with E-state index in [2.05, 4.69) is 4.90 Å². The number of Topliss-reactive ketones (excluding diaryl/α,β-unsaturated/α-hetero) is 1. The number of hydrogen-bond donors (Lipinski definition) is 0. The van der Waals surface area contributed by atoms with Crippen LogP contribution in [0.5, 0.6) is 11.5 Å². The molecule has 0 bridgehead atoms. The summed E-state index contributed by atoms with van der Waals surface area (Å²) in [5.74, 6) is 1.38. The van der Waals surface area contributed by atoms with Crippen LogP contribution in [0.1, 0.15) is 20.7 Å². The Morgan fingerprint density at radius 3 is 2.35 bits per heavy atom. The normalized spacial score (nSPS) is 16.5. The number of ether oxygens (including phenoxy) is 2. The predicted molar refractivity (Wildman–Crippen MR) is 95.7 cm³/mol. The Kier molecular flexibility index (Phi) is 4.58. The van der Waals surface area contributed by atoms with E-state index in [1.807, 2.05) is 35.2 Å². The zero-order chi connectivity index (χ0) is 17.9. The topological polar surface area (TPSA) is 59.1 Å². The van der Waals surface area contributed by atoms with Crippen LogP contribution < -0.4 is 9.47 Å². The summed E-state index contributed by atoms with van der Waals surface area (Å²) >= 11 is 0. The lowest BCUT2D eigenvalue weighted by molar-refractivity contribution is 0.0624. The summed E-state index contributed by atoms with van der Waals surface area (Å²) in [6.07, 6.45) is 0. The van der Waals surface area contributed by atoms with Gasteiger partial charge < -0.3 is 14.4 Å². The Hall–Kier alpha value is -2.86. The number of ketones is 1. The highest BCUT2D eigenvalue weighted by Crippen LogP contribution is 2.32. The van der Waals surface area contributed by atoms with E-state index in [9.17, 15) is 9.59 Å². The molecule has 0 radical (unpaired) electrons. The van der Waals surface area contributed by atoms with E-state index in [0.717, 1.165) is 5.56 Å². The molecule has 6 nitrogen and oxygen atoms in total. The van der Waals surface area contributed by atoms with Crippen LogP contribution in [0.2, 0.25) is 0 Å². The van der Waals surface area contributed by atoms with E-state index < -0.39 is 0 Å². The van der Waals surface area contributed by atoms with Crippen LogP contribution in [0.4, 0.5) is 0 Å². The van der Waals surface area contributed by atoms with Crippen LogP contribution in [-0.4, -0.2) is 61.0 Å². The Bertz CT molecular complexity index is 814. The van der Waals surface area contributed by atoms with Crippen molar-refractivity contribution < 1.29 is 19.1 Å². The highest BCUT2D eigenvalue weighted by molar-refractivity contribution is 5.97. The smallest absolute Gasteiger partial charge is 0.254 e. The maximum absolute atomic E-state index is 12.7. The zero-order valence-electron chi connectivity index (χ0n) is 14.4. The first-order valence-corrected chi connectivity index (χ1v) is 8.70. The van der Waals surface area contributed by atoms with Crippen molar-refractivity contribution in [2.45, 2.75) is 0 Å². The van der Waals surface area contributed by atoms with Gasteiger partial charge in [0.2, 0.25) is 6.79 Å². The molecule has 1 amide bonds. The van der Waals surface area contributed by atoms with E-state index in [0.29, 0.717) is 49.8 Å². The molecule has 2 heterocycles. The summed E-state index contributed by atoms with van der Waals surface area (Å²) in [4.78, 5) is 28.9. The standard InChI is InChI=1S/C20H20N2O4/c23-17(15-4-2-1-3-5-15)13-21-8-10-22(11-9-21)20(24)16-6-7-18-19(12-16)26-14-25-18/h1-7,12H,8-11,13-14H2. The summed E-state index contributed by atoms with van der Waals surface area (Å²) in [5.41, 5.74) is 1.33. The lowest BCUT2D eigenvalue weighted by Crippen LogP contribution is -2.49. The zero-order valence-corrected chi connectivity index (χ0v) is 14.4. The second-order valence-electron chi connectivity index (χ2n) is 6.43. The number of rotatable bonds is 4. The molecule has 6 heteroatoms. The number of carbonyl (C=O) groups is 2. The lowest BCUT2D eigenvalue weighted by atomic mass is 10.1. The third kappa shape index (κ3) is 3.41. The first-order valence-electron chi connectivity index (χ1n) is 8.70. The monoisotopic (exact) mass is 352 g/mol. The number of carbonyl (C=O) groups excluding carboxylic acids is 2. The van der Waals surface area contributed by atoms with E-state index >= 15 is 0 Å². The van der Waals surface area contributed by atoms with Gasteiger partial charge in [0.05, 0.1) is 6.54 Å². The summed E-state index contributed by atoms with van der Waals surface area (Å²) < 4.78 is 10.6. The number of fused-ring (bicyclic) bond motifs is 1. The van der Waals surface area contributed by atoms with Gasteiger partial charge in [0, 0.05) is 37.3 Å². The molecule has 1 fully saturated rings. The van der Waals surface area contributed by atoms with E-state index in [4.69, 9.17) is 9.47 Å². The number of piperazine rings is 1. The largest absolute Gasteiger partial charge is 0.454 e. The van der Waals surface area contributed by atoms with Gasteiger partial charge in [0.15, 0.2) is 17.3 Å². The summed E-state index contributed by atoms with van der Waals surface area (Å²) in [7, 11) is 0. The van der Waals surface area contributed by atoms with Gasteiger partial charge in [-0.25, -0.2) is 0 Å². The molecule has 0 atom stereocenters. The minimum Gasteiger partial charge on any atom is -0.454 e. The Morgan fingerprint density at radius 1 is 0.846 bits per heavy atom. The van der Waals surface area contributed by atoms with Crippen molar-refractivity contribution in [2.24, 2.45) is 0 Å². The molecule has 0 aromatic heterocycles. The van der Waals surface area contributed by atoms with Gasteiger partial charge in [-0.05, 0) is 18.2 Å². The summed E-state index contributed by atoms with van der Waals surface area (Å²) in [5, 5.41) is 0. The van der Waals surface area contributed by atoms with Gasteiger partial charge in [-0.1, -0.05) is 30.3 Å². The molecule has 2 aliphatic heterocycles. The van der Waals surface area contributed by atoms with Gasteiger partial charge in [-0.2, -0.15) is 0 Å². The Balaban J connectivity index is 1.33. The van der Waals surface area contributed by atoms with Gasteiger partial charge in [0.1, 0.15) is 0 Å². The number of amides is 1. The van der Waals surface area contributed by atoms with Crippen molar-refractivity contribution in [1.29, 1.82) is 0 Å². The van der Waals surface area contributed by atoms with E-state index in [1.165, 1.54) is 0 Å². The van der Waals surface area contributed by atoms with Gasteiger partial charge in [-0.15, -0.1) is 0 Å². The summed E-state index contributed by atoms with van der Waals surface area (Å²) in [6, 6.07) is 14.6. The fourth-order valence-electron chi connectivity index (χ4n) is 3.24. The van der Waals surface area contributed by atoms with Gasteiger partial charge in [0.25, 0.3) is 5.91 Å². The van der Waals surface area contributed by atoms with Crippen molar-refractivity contribution in [1.82, 2.24) is 9.80 Å². The molecule has 134 valence electrons. The van der Waals surface area contributed by atoms with E-state index in [-0.39, 0.29) is 18.5 Å². The van der Waals surface area contributed by atoms with Crippen LogP contribution in [0.25, 0.3) is 0 Å². The van der Waals surface area contributed by atoms with Crippen molar-refractivity contribution in [2.75, 3.05) is 39.5 Å². The maximum atomic E-state index is 12.7. The fourth-order valence-corrected chi connectivity index (χ4v) is 3.24. The van der Waals surface area contributed by atoms with Crippen LogP contribution in [0.15, 0.2) is 48.5 Å². The van der Waals surface area contributed by atoms with Crippen molar-refractivity contribution in [3.63, 3.8) is 0 Å². The molecule has 2 aromatic rings. The molecular weight excluding hydrogens is 332 g/mol. The Labute approximate surface area is 151 Å². The van der Waals surface area contributed by atoms with Gasteiger partial charge in [-0.3, -0.25) is 14.5 Å². The maximum Gasteiger partial charge on any atom is 0.254 e. The molecule has 4 rings (SSSR count). The molecule has 0 unspecified atom stereocenters. The average Bonchev–Trinajstić information content (AvgIpc) is 3.16. The van der Waals surface area contributed by atoms with Crippen LogP contribution in [0, 0.1) is 0 Å². The highest BCUT2D eigenvalue weighted by atomic mass is 16.7. The quantitative estimate of drug-likeness (QED) is 0.789. The molecule has 26 heavy (non-hydrogen) atoms. The number of hydrogen-bond acceptors (Lipinski definition) is 5. The third-order valence-electron chi connectivity index (χ3n) is 4.74. The minimum absolute atomic E-state index is 0.0164. The second-order valence-corrected chi connectivity index (χ2v) is 6.43. The van der Waals surface area contributed by atoms with Crippen molar-refractivity contribution >= 4 is 11.7 Å². The SMILES string of the molecule is O=C(CN1CCN(C(=O)c2ccc3c(c2)OCO3)CC1)c1ccccc1. The lowest BCUT2D eigenvalue weighted by Gasteiger charge is -2.34. The second kappa shape index (κ2) is 7.17. The van der Waals surface area contributed by atoms with Crippen LogP contribution in [0.3, 0.4) is 0 Å². The third-order valence-corrected chi connectivity index (χ3v) is 4.74. The average molecular weight is 352 g/mol. The molecule has 0 saturated carbocycles. The fraction of sp³-hybridized carbons (Fsp3) is 0.300. The minimum atomic E-state index is -0.0164. The highest BCUT2D eigenvalue weighted by Gasteiger charge is 2.25. The van der Waals surface area contributed by atoms with Crippen LogP contribution >= 0.6 is 0 Å². The summed E-state index contributed by atoms with van der Waals surface area (Å²) in [6.45, 7) is 3.17.